The molecular weight excluding hydrogens is 324 g/mol. The van der Waals surface area contributed by atoms with Crippen molar-refractivity contribution in [3.8, 4) is 17.2 Å². The number of nitrogens with two attached hydrogens (primary N) is 1. The zero-order chi connectivity index (χ0) is 17.3. The third-order valence-electron chi connectivity index (χ3n) is 4.10. The number of nitrogens with zero attached hydrogens (tertiary/aromatic N) is 2. The number of benzene rings is 2. The SMILES string of the molecule is CO[C@H](C)[C@H](N)c1nc2ccc(-c3ccc(C#N)cc3Cl)cc2[nH]1. The summed E-state index contributed by atoms with van der Waals surface area (Å²) in [6.45, 7) is 1.90. The van der Waals surface area contributed by atoms with E-state index >= 15 is 0 Å². The Bertz CT molecular complexity index is 928. The van der Waals surface area contributed by atoms with Gasteiger partial charge in [-0.25, -0.2) is 4.98 Å². The maximum absolute atomic E-state index is 8.94. The Hall–Kier alpha value is -2.39. The summed E-state index contributed by atoms with van der Waals surface area (Å²) in [5, 5.41) is 9.48. The standard InChI is InChI=1S/C18H17ClN4O/c1-10(24-2)17(21)18-22-15-6-4-12(8-16(15)23-18)13-5-3-11(9-20)7-14(13)19/h3-8,10,17H,21H2,1-2H3,(H,22,23)/t10-,17+/m1/s1. The second-order valence-corrected chi connectivity index (χ2v) is 6.03. The number of rotatable bonds is 4. The Labute approximate surface area is 145 Å². The first-order chi connectivity index (χ1) is 11.5. The number of fused-ring (bicyclic) bond motifs is 1. The number of hydrogen-bond acceptors (Lipinski definition) is 4. The van der Waals surface area contributed by atoms with E-state index < -0.39 is 0 Å². The molecule has 0 fully saturated rings. The van der Waals surface area contributed by atoms with E-state index in [1.165, 1.54) is 0 Å². The van der Waals surface area contributed by atoms with Gasteiger partial charge in [-0.3, -0.25) is 0 Å². The highest BCUT2D eigenvalue weighted by Gasteiger charge is 2.18. The van der Waals surface area contributed by atoms with Crippen molar-refractivity contribution >= 4 is 22.6 Å². The number of nitriles is 1. The monoisotopic (exact) mass is 340 g/mol. The normalized spacial score (nSPS) is 13.6. The van der Waals surface area contributed by atoms with Gasteiger partial charge in [0.05, 0.1) is 34.8 Å². The van der Waals surface area contributed by atoms with Gasteiger partial charge in [-0.05, 0) is 36.8 Å². The van der Waals surface area contributed by atoms with Crippen molar-refractivity contribution < 1.29 is 4.74 Å². The van der Waals surface area contributed by atoms with Crippen LogP contribution in [0.4, 0.5) is 0 Å². The van der Waals surface area contributed by atoms with E-state index in [0.717, 1.165) is 22.2 Å². The molecule has 0 aliphatic heterocycles. The number of nitrogens with one attached hydrogen (secondary N) is 1. The topological polar surface area (TPSA) is 87.7 Å². The van der Waals surface area contributed by atoms with Gasteiger partial charge in [0.2, 0.25) is 0 Å². The van der Waals surface area contributed by atoms with Crippen LogP contribution in [0, 0.1) is 11.3 Å². The highest BCUT2D eigenvalue weighted by molar-refractivity contribution is 6.33. The number of aromatic nitrogens is 2. The largest absolute Gasteiger partial charge is 0.380 e. The number of imidazole rings is 1. The molecule has 0 saturated carbocycles. The molecule has 2 atom stereocenters. The van der Waals surface area contributed by atoms with E-state index in [4.69, 9.17) is 27.3 Å². The summed E-state index contributed by atoms with van der Waals surface area (Å²) in [5.74, 6) is 0.683. The van der Waals surface area contributed by atoms with Crippen LogP contribution >= 0.6 is 11.6 Å². The van der Waals surface area contributed by atoms with Crippen LogP contribution in [-0.4, -0.2) is 23.2 Å². The average Bonchev–Trinajstić information content (AvgIpc) is 3.03. The number of ether oxygens (including phenoxy) is 1. The predicted molar refractivity (Wildman–Crippen MR) is 94.7 cm³/mol. The minimum absolute atomic E-state index is 0.141. The summed E-state index contributed by atoms with van der Waals surface area (Å²) >= 11 is 6.30. The molecule has 2 aromatic carbocycles. The zero-order valence-electron chi connectivity index (χ0n) is 13.4. The van der Waals surface area contributed by atoms with Gasteiger partial charge in [-0.1, -0.05) is 23.7 Å². The molecule has 0 aliphatic rings. The first kappa shape index (κ1) is 16.5. The fraction of sp³-hybridized carbons (Fsp3) is 0.222. The van der Waals surface area contributed by atoms with Crippen LogP contribution in [0.1, 0.15) is 24.4 Å². The number of H-pyrrole nitrogens is 1. The summed E-state index contributed by atoms with van der Waals surface area (Å²) in [6.07, 6.45) is -0.141. The highest BCUT2D eigenvalue weighted by Crippen LogP contribution is 2.31. The van der Waals surface area contributed by atoms with Gasteiger partial charge in [0.1, 0.15) is 5.82 Å². The van der Waals surface area contributed by atoms with E-state index in [1.54, 1.807) is 19.2 Å². The van der Waals surface area contributed by atoms with Gasteiger partial charge >= 0.3 is 0 Å². The lowest BCUT2D eigenvalue weighted by Crippen LogP contribution is -2.26. The summed E-state index contributed by atoms with van der Waals surface area (Å²) in [7, 11) is 1.62. The van der Waals surface area contributed by atoms with E-state index in [-0.39, 0.29) is 12.1 Å². The molecule has 1 heterocycles. The van der Waals surface area contributed by atoms with Crippen molar-refractivity contribution in [2.24, 2.45) is 5.73 Å². The van der Waals surface area contributed by atoms with Crippen LogP contribution in [0.3, 0.4) is 0 Å². The Kier molecular flexibility index (Phi) is 4.54. The van der Waals surface area contributed by atoms with E-state index in [2.05, 4.69) is 16.0 Å². The molecule has 24 heavy (non-hydrogen) atoms. The molecule has 6 heteroatoms. The minimum atomic E-state index is -0.329. The number of hydrogen-bond donors (Lipinski definition) is 2. The maximum atomic E-state index is 8.94. The van der Waals surface area contributed by atoms with Crippen LogP contribution in [-0.2, 0) is 4.74 Å². The van der Waals surface area contributed by atoms with Crippen molar-refractivity contribution in [3.05, 3.63) is 52.8 Å². The lowest BCUT2D eigenvalue weighted by Gasteiger charge is -2.15. The first-order valence-corrected chi connectivity index (χ1v) is 7.89. The number of halogens is 1. The van der Waals surface area contributed by atoms with Gasteiger partial charge in [0, 0.05) is 17.7 Å². The molecule has 0 spiro atoms. The Balaban J connectivity index is 2.02. The second-order valence-electron chi connectivity index (χ2n) is 5.63. The number of methoxy groups -OCH3 is 1. The minimum Gasteiger partial charge on any atom is -0.380 e. The fourth-order valence-corrected chi connectivity index (χ4v) is 2.83. The summed E-state index contributed by atoms with van der Waals surface area (Å²) in [5.41, 5.74) is 10.2. The molecule has 0 unspecified atom stereocenters. The third-order valence-corrected chi connectivity index (χ3v) is 4.42. The van der Waals surface area contributed by atoms with Gasteiger partial charge in [0.25, 0.3) is 0 Å². The lowest BCUT2D eigenvalue weighted by atomic mass is 10.0. The van der Waals surface area contributed by atoms with Crippen molar-refractivity contribution in [2.75, 3.05) is 7.11 Å². The summed E-state index contributed by atoms with van der Waals surface area (Å²) in [6, 6.07) is 12.9. The Morgan fingerprint density at radius 2 is 2.08 bits per heavy atom. The molecule has 3 rings (SSSR count). The molecule has 0 bridgehead atoms. The van der Waals surface area contributed by atoms with Gasteiger partial charge in [-0.15, -0.1) is 0 Å². The molecular formula is C18H17ClN4O. The van der Waals surface area contributed by atoms with Crippen LogP contribution in [0.5, 0.6) is 0 Å². The molecule has 3 N–H and O–H groups in total. The second kappa shape index (κ2) is 6.62. The quantitative estimate of drug-likeness (QED) is 0.756. The van der Waals surface area contributed by atoms with Crippen molar-refractivity contribution in [1.29, 1.82) is 5.26 Å². The third kappa shape index (κ3) is 3.00. The zero-order valence-corrected chi connectivity index (χ0v) is 14.1. The van der Waals surface area contributed by atoms with Gasteiger partial charge in [-0.2, -0.15) is 5.26 Å². The molecule has 122 valence electrons. The predicted octanol–water partition coefficient (Wildman–Crippen LogP) is 3.79. The van der Waals surface area contributed by atoms with E-state index in [9.17, 15) is 0 Å². The molecule has 0 saturated heterocycles. The maximum Gasteiger partial charge on any atom is 0.126 e. The first-order valence-electron chi connectivity index (χ1n) is 7.51. The average molecular weight is 341 g/mol. The summed E-state index contributed by atoms with van der Waals surface area (Å²) in [4.78, 5) is 7.78. The Morgan fingerprint density at radius 3 is 2.75 bits per heavy atom. The van der Waals surface area contributed by atoms with E-state index in [0.29, 0.717) is 16.4 Å². The molecule has 0 amide bonds. The number of aromatic amines is 1. The highest BCUT2D eigenvalue weighted by atomic mass is 35.5. The van der Waals surface area contributed by atoms with Crippen molar-refractivity contribution in [1.82, 2.24) is 9.97 Å². The summed E-state index contributed by atoms with van der Waals surface area (Å²) < 4.78 is 5.26. The van der Waals surface area contributed by atoms with Crippen LogP contribution in [0.15, 0.2) is 36.4 Å². The van der Waals surface area contributed by atoms with Crippen LogP contribution < -0.4 is 5.73 Å². The van der Waals surface area contributed by atoms with Crippen LogP contribution in [0.2, 0.25) is 5.02 Å². The smallest absolute Gasteiger partial charge is 0.126 e. The fourth-order valence-electron chi connectivity index (χ4n) is 2.54. The van der Waals surface area contributed by atoms with Crippen LogP contribution in [0.25, 0.3) is 22.2 Å². The molecule has 3 aromatic rings. The lowest BCUT2D eigenvalue weighted by molar-refractivity contribution is 0.0935. The van der Waals surface area contributed by atoms with Crippen molar-refractivity contribution in [2.45, 2.75) is 19.1 Å². The molecule has 5 nitrogen and oxygen atoms in total. The molecule has 0 aliphatic carbocycles. The Morgan fingerprint density at radius 1 is 1.29 bits per heavy atom. The van der Waals surface area contributed by atoms with Gasteiger partial charge in [0.15, 0.2) is 0 Å². The van der Waals surface area contributed by atoms with Gasteiger partial charge < -0.3 is 15.5 Å². The van der Waals surface area contributed by atoms with Crippen molar-refractivity contribution in [3.63, 3.8) is 0 Å². The molecule has 0 radical (unpaired) electrons. The molecule has 1 aromatic heterocycles. The van der Waals surface area contributed by atoms with E-state index in [1.807, 2.05) is 31.2 Å².